The fourth-order valence-electron chi connectivity index (χ4n) is 1.72. The molecule has 0 radical (unpaired) electrons. The lowest BCUT2D eigenvalue weighted by molar-refractivity contribution is -0.154. The summed E-state index contributed by atoms with van der Waals surface area (Å²) in [6.07, 6.45) is 0. The van der Waals surface area contributed by atoms with Crippen molar-refractivity contribution in [2.24, 2.45) is 5.41 Å². The van der Waals surface area contributed by atoms with Crippen molar-refractivity contribution in [3.63, 3.8) is 0 Å². The second-order valence-electron chi connectivity index (χ2n) is 5.32. The number of benzene rings is 1. The van der Waals surface area contributed by atoms with Gasteiger partial charge in [-0.15, -0.1) is 0 Å². The molecule has 19 heavy (non-hydrogen) atoms. The van der Waals surface area contributed by atoms with Crippen molar-refractivity contribution < 1.29 is 14.3 Å². The molecule has 0 bridgehead atoms. The van der Waals surface area contributed by atoms with Crippen molar-refractivity contribution in [2.75, 3.05) is 12.4 Å². The Balaban J connectivity index is 3.01. The molecule has 0 fully saturated rings. The Morgan fingerprint density at radius 3 is 2.11 bits per heavy atom. The van der Waals surface area contributed by atoms with Crippen molar-refractivity contribution in [2.45, 2.75) is 34.6 Å². The van der Waals surface area contributed by atoms with Crippen molar-refractivity contribution in [1.29, 1.82) is 0 Å². The summed E-state index contributed by atoms with van der Waals surface area (Å²) in [5.41, 5.74) is 2.75. The van der Waals surface area contributed by atoms with Gasteiger partial charge in [0.05, 0.1) is 7.11 Å². The Hall–Kier alpha value is -1.84. The number of hydrogen-bond acceptors (Lipinski definition) is 3. The lowest BCUT2D eigenvalue weighted by atomic mass is 9.92. The molecule has 0 aromatic heterocycles. The van der Waals surface area contributed by atoms with E-state index in [1.165, 1.54) is 12.7 Å². The van der Waals surface area contributed by atoms with Crippen LogP contribution >= 0.6 is 0 Å². The minimum Gasteiger partial charge on any atom is -0.468 e. The number of nitrogens with one attached hydrogen (secondary N) is 1. The topological polar surface area (TPSA) is 55.4 Å². The Morgan fingerprint density at radius 2 is 1.58 bits per heavy atom. The summed E-state index contributed by atoms with van der Waals surface area (Å²) in [7, 11) is 1.28. The van der Waals surface area contributed by atoms with Gasteiger partial charge < -0.3 is 10.1 Å². The van der Waals surface area contributed by atoms with Crippen molar-refractivity contribution in [1.82, 2.24) is 0 Å². The molecule has 0 saturated carbocycles. The van der Waals surface area contributed by atoms with Crippen LogP contribution in [0.1, 0.15) is 30.5 Å². The number of carbonyl (C=O) groups excluding carboxylic acids is 2. The van der Waals surface area contributed by atoms with Crippen LogP contribution < -0.4 is 5.32 Å². The molecule has 4 heteroatoms. The van der Waals surface area contributed by atoms with Gasteiger partial charge in [-0.1, -0.05) is 6.07 Å². The van der Waals surface area contributed by atoms with E-state index in [-0.39, 0.29) is 5.91 Å². The third kappa shape index (κ3) is 3.13. The Kier molecular flexibility index (Phi) is 4.35. The van der Waals surface area contributed by atoms with Gasteiger partial charge in [-0.2, -0.15) is 0 Å². The van der Waals surface area contributed by atoms with Crippen LogP contribution in [0.15, 0.2) is 12.1 Å². The fourth-order valence-corrected chi connectivity index (χ4v) is 1.72. The van der Waals surface area contributed by atoms with Crippen LogP contribution in [0.4, 0.5) is 5.69 Å². The minimum atomic E-state index is -1.21. The average molecular weight is 263 g/mol. The molecule has 0 saturated heterocycles. The SMILES string of the molecule is COC(=O)C(C)(C)C(=O)Nc1cc(C)c(C)cc1C. The molecule has 1 amide bonds. The minimum absolute atomic E-state index is 0.370. The van der Waals surface area contributed by atoms with Gasteiger partial charge in [0.2, 0.25) is 5.91 Å². The number of ether oxygens (including phenoxy) is 1. The zero-order chi connectivity index (χ0) is 14.8. The van der Waals surface area contributed by atoms with Gasteiger partial charge >= 0.3 is 5.97 Å². The van der Waals surface area contributed by atoms with Crippen molar-refractivity contribution in [3.8, 4) is 0 Å². The third-order valence-electron chi connectivity index (χ3n) is 3.35. The summed E-state index contributed by atoms with van der Waals surface area (Å²) in [5.74, 6) is -0.919. The van der Waals surface area contributed by atoms with Crippen molar-refractivity contribution in [3.05, 3.63) is 28.8 Å². The van der Waals surface area contributed by atoms with Crippen LogP contribution in [0.25, 0.3) is 0 Å². The van der Waals surface area contributed by atoms with E-state index in [2.05, 4.69) is 10.1 Å². The molecule has 0 aliphatic carbocycles. The number of carbonyl (C=O) groups is 2. The summed E-state index contributed by atoms with van der Waals surface area (Å²) >= 11 is 0. The first-order valence-corrected chi connectivity index (χ1v) is 6.18. The van der Waals surface area contributed by atoms with Gasteiger partial charge in [0.1, 0.15) is 5.41 Å². The number of amides is 1. The smallest absolute Gasteiger partial charge is 0.320 e. The predicted molar refractivity (Wildman–Crippen MR) is 75.1 cm³/mol. The fraction of sp³-hybridized carbons (Fsp3) is 0.467. The lowest BCUT2D eigenvalue weighted by Gasteiger charge is -2.21. The van der Waals surface area contributed by atoms with Gasteiger partial charge in [-0.05, 0) is 57.4 Å². The van der Waals surface area contributed by atoms with E-state index in [1.807, 2.05) is 32.9 Å². The van der Waals surface area contributed by atoms with Crippen LogP contribution in [-0.4, -0.2) is 19.0 Å². The number of aryl methyl sites for hydroxylation is 3. The molecule has 1 aromatic rings. The highest BCUT2D eigenvalue weighted by molar-refractivity contribution is 6.08. The first kappa shape index (κ1) is 15.2. The number of methoxy groups -OCH3 is 1. The average Bonchev–Trinajstić information content (AvgIpc) is 2.34. The third-order valence-corrected chi connectivity index (χ3v) is 3.35. The highest BCUT2D eigenvalue weighted by atomic mass is 16.5. The van der Waals surface area contributed by atoms with Gasteiger partial charge in [0.15, 0.2) is 0 Å². The van der Waals surface area contributed by atoms with Gasteiger partial charge in [-0.25, -0.2) is 0 Å². The van der Waals surface area contributed by atoms with E-state index in [0.717, 1.165) is 16.8 Å². The summed E-state index contributed by atoms with van der Waals surface area (Å²) < 4.78 is 4.65. The zero-order valence-corrected chi connectivity index (χ0v) is 12.4. The molecule has 4 nitrogen and oxygen atoms in total. The molecule has 0 atom stereocenters. The number of rotatable bonds is 3. The lowest BCUT2D eigenvalue weighted by Crippen LogP contribution is -2.39. The van der Waals surface area contributed by atoms with Gasteiger partial charge in [0.25, 0.3) is 0 Å². The van der Waals surface area contributed by atoms with E-state index in [9.17, 15) is 9.59 Å². The molecule has 0 unspecified atom stereocenters. The van der Waals surface area contributed by atoms with Crippen molar-refractivity contribution >= 4 is 17.6 Å². The quantitative estimate of drug-likeness (QED) is 0.674. The first-order chi connectivity index (χ1) is 8.70. The summed E-state index contributed by atoms with van der Waals surface area (Å²) in [4.78, 5) is 23.8. The van der Waals surface area contributed by atoms with Gasteiger partial charge in [-0.3, -0.25) is 9.59 Å². The van der Waals surface area contributed by atoms with E-state index >= 15 is 0 Å². The van der Waals surface area contributed by atoms with E-state index in [4.69, 9.17) is 0 Å². The highest BCUT2D eigenvalue weighted by Crippen LogP contribution is 2.24. The summed E-state index contributed by atoms with van der Waals surface area (Å²) in [6.45, 7) is 9.02. The molecular formula is C15H21NO3. The number of esters is 1. The normalized spacial score (nSPS) is 11.1. The maximum Gasteiger partial charge on any atom is 0.320 e. The predicted octanol–water partition coefficient (Wildman–Crippen LogP) is 2.75. The second-order valence-corrected chi connectivity index (χ2v) is 5.32. The van der Waals surface area contributed by atoms with E-state index in [1.54, 1.807) is 13.8 Å². The van der Waals surface area contributed by atoms with Gasteiger partial charge in [0, 0.05) is 5.69 Å². The highest BCUT2D eigenvalue weighted by Gasteiger charge is 2.37. The number of anilines is 1. The van der Waals surface area contributed by atoms with Crippen LogP contribution in [0.5, 0.6) is 0 Å². The first-order valence-electron chi connectivity index (χ1n) is 6.18. The molecule has 0 aliphatic heterocycles. The molecule has 0 spiro atoms. The molecule has 1 rings (SSSR count). The molecule has 104 valence electrons. The Morgan fingerprint density at radius 1 is 1.05 bits per heavy atom. The maximum absolute atomic E-state index is 12.2. The van der Waals surface area contributed by atoms with Crippen LogP contribution in [-0.2, 0) is 14.3 Å². The Bertz CT molecular complexity index is 518. The monoisotopic (exact) mass is 263 g/mol. The largest absolute Gasteiger partial charge is 0.468 e. The molecule has 1 N–H and O–H groups in total. The summed E-state index contributed by atoms with van der Waals surface area (Å²) in [6, 6.07) is 3.92. The molecule has 0 heterocycles. The molecule has 0 aliphatic rings. The maximum atomic E-state index is 12.2. The Labute approximate surface area is 114 Å². The van der Waals surface area contributed by atoms with Crippen LogP contribution in [0.3, 0.4) is 0 Å². The van der Waals surface area contributed by atoms with Crippen LogP contribution in [0, 0.1) is 26.2 Å². The van der Waals surface area contributed by atoms with E-state index < -0.39 is 11.4 Å². The number of hydrogen-bond donors (Lipinski definition) is 1. The summed E-state index contributed by atoms with van der Waals surface area (Å²) in [5, 5.41) is 2.79. The zero-order valence-electron chi connectivity index (χ0n) is 12.4. The second kappa shape index (κ2) is 5.43. The van der Waals surface area contributed by atoms with E-state index in [0.29, 0.717) is 0 Å². The standard InChI is InChI=1S/C15H21NO3/c1-9-7-11(3)12(8-10(9)2)16-13(17)15(4,5)14(18)19-6/h7-8H,1-6H3,(H,16,17). The van der Waals surface area contributed by atoms with Crippen LogP contribution in [0.2, 0.25) is 0 Å². The molecule has 1 aromatic carbocycles. The molecular weight excluding hydrogens is 242 g/mol.